The summed E-state index contributed by atoms with van der Waals surface area (Å²) in [5.74, 6) is -0.283. The molecule has 2 heterocycles. The SMILES string of the molecule is O=C1CNC(=O)N1c1cc(-c2ccc(-c3ccc(NCCO)cc3)cc2)nc2ccccc12. The molecule has 3 amide bonds. The molecule has 1 aliphatic rings. The maximum Gasteiger partial charge on any atom is 0.329 e. The van der Waals surface area contributed by atoms with E-state index in [1.54, 1.807) is 6.07 Å². The summed E-state index contributed by atoms with van der Waals surface area (Å²) in [4.78, 5) is 30.6. The number of nitrogens with zero attached hydrogens (tertiary/aromatic N) is 2. The van der Waals surface area contributed by atoms with Crippen molar-refractivity contribution in [2.75, 3.05) is 29.9 Å². The van der Waals surface area contributed by atoms with E-state index in [0.29, 0.717) is 23.4 Å². The monoisotopic (exact) mass is 438 g/mol. The van der Waals surface area contributed by atoms with Crippen molar-refractivity contribution in [3.8, 4) is 22.4 Å². The zero-order valence-corrected chi connectivity index (χ0v) is 17.8. The standard InChI is InChI=1S/C26H22N4O3/c31-14-13-27-20-11-9-18(10-12-20)17-5-7-19(8-6-17)23-15-24(30-25(32)16-28-26(30)33)21-3-1-2-4-22(21)29-23/h1-12,15,27,31H,13-14,16H2,(H,28,33). The molecule has 5 rings (SSSR count). The van der Waals surface area contributed by atoms with Gasteiger partial charge in [0, 0.05) is 23.2 Å². The van der Waals surface area contributed by atoms with Crippen LogP contribution in [0.4, 0.5) is 16.2 Å². The first-order chi connectivity index (χ1) is 16.1. The van der Waals surface area contributed by atoms with E-state index in [9.17, 15) is 9.59 Å². The lowest BCUT2D eigenvalue weighted by Crippen LogP contribution is -2.30. The minimum Gasteiger partial charge on any atom is -0.395 e. The van der Waals surface area contributed by atoms with Crippen molar-refractivity contribution in [2.24, 2.45) is 0 Å². The van der Waals surface area contributed by atoms with E-state index in [2.05, 4.69) is 10.6 Å². The van der Waals surface area contributed by atoms with Crippen molar-refractivity contribution in [3.63, 3.8) is 0 Å². The quantitative estimate of drug-likeness (QED) is 0.395. The number of imide groups is 1. The summed E-state index contributed by atoms with van der Waals surface area (Å²) < 4.78 is 0. The Hall–Kier alpha value is -4.23. The fourth-order valence-electron chi connectivity index (χ4n) is 3.97. The first-order valence-corrected chi connectivity index (χ1v) is 10.7. The molecular formula is C26H22N4O3. The number of carbonyl (C=O) groups is 2. The molecule has 0 radical (unpaired) electrons. The minimum atomic E-state index is -0.422. The summed E-state index contributed by atoms with van der Waals surface area (Å²) in [6.07, 6.45) is 0. The first-order valence-electron chi connectivity index (χ1n) is 10.7. The molecule has 0 atom stereocenters. The summed E-state index contributed by atoms with van der Waals surface area (Å²) >= 11 is 0. The van der Waals surface area contributed by atoms with E-state index in [1.165, 1.54) is 4.90 Å². The van der Waals surface area contributed by atoms with Gasteiger partial charge in [-0.25, -0.2) is 14.7 Å². The molecule has 0 saturated carbocycles. The third-order valence-electron chi connectivity index (χ3n) is 5.62. The molecule has 3 N–H and O–H groups in total. The largest absolute Gasteiger partial charge is 0.395 e. The van der Waals surface area contributed by atoms with Gasteiger partial charge in [-0.2, -0.15) is 0 Å². The van der Waals surface area contributed by atoms with Crippen molar-refractivity contribution < 1.29 is 14.7 Å². The number of aromatic nitrogens is 1. The van der Waals surface area contributed by atoms with Crippen molar-refractivity contribution >= 4 is 34.2 Å². The lowest BCUT2D eigenvalue weighted by Gasteiger charge is -2.17. The van der Waals surface area contributed by atoms with Crippen LogP contribution in [-0.2, 0) is 4.79 Å². The Balaban J connectivity index is 1.49. The molecule has 1 aliphatic heterocycles. The lowest BCUT2D eigenvalue weighted by atomic mass is 10.0. The molecule has 4 aromatic rings. The van der Waals surface area contributed by atoms with Crippen LogP contribution >= 0.6 is 0 Å². The van der Waals surface area contributed by atoms with Crippen LogP contribution in [0.5, 0.6) is 0 Å². The molecule has 0 aliphatic carbocycles. The number of para-hydroxylation sites is 1. The highest BCUT2D eigenvalue weighted by Crippen LogP contribution is 2.33. The molecule has 1 aromatic heterocycles. The van der Waals surface area contributed by atoms with Crippen LogP contribution in [0.15, 0.2) is 78.9 Å². The van der Waals surface area contributed by atoms with Crippen LogP contribution in [0, 0.1) is 0 Å². The summed E-state index contributed by atoms with van der Waals surface area (Å²) in [6, 6.07) is 24.9. The van der Waals surface area contributed by atoms with Crippen molar-refractivity contribution in [3.05, 3.63) is 78.9 Å². The van der Waals surface area contributed by atoms with Crippen LogP contribution in [0.3, 0.4) is 0 Å². The average molecular weight is 438 g/mol. The highest BCUT2D eigenvalue weighted by Gasteiger charge is 2.31. The number of rotatable bonds is 6. The van der Waals surface area contributed by atoms with E-state index < -0.39 is 6.03 Å². The number of hydrogen-bond acceptors (Lipinski definition) is 5. The van der Waals surface area contributed by atoms with Crippen molar-refractivity contribution in [2.45, 2.75) is 0 Å². The predicted molar refractivity (Wildman–Crippen MR) is 129 cm³/mol. The highest BCUT2D eigenvalue weighted by atomic mass is 16.3. The van der Waals surface area contributed by atoms with E-state index in [1.807, 2.05) is 72.8 Å². The maximum absolute atomic E-state index is 12.4. The Morgan fingerprint density at radius 3 is 2.24 bits per heavy atom. The second-order valence-electron chi connectivity index (χ2n) is 7.74. The average Bonchev–Trinajstić information content (AvgIpc) is 3.20. The Labute approximate surface area is 190 Å². The number of anilines is 2. The number of aliphatic hydroxyl groups excluding tert-OH is 1. The molecule has 7 nitrogen and oxygen atoms in total. The van der Waals surface area contributed by atoms with Crippen molar-refractivity contribution in [1.29, 1.82) is 0 Å². The second kappa shape index (κ2) is 8.72. The van der Waals surface area contributed by atoms with Crippen LogP contribution in [0.1, 0.15) is 0 Å². The maximum atomic E-state index is 12.4. The number of fused-ring (bicyclic) bond motifs is 1. The fourth-order valence-corrected chi connectivity index (χ4v) is 3.97. The molecular weight excluding hydrogens is 416 g/mol. The Morgan fingerprint density at radius 1 is 0.909 bits per heavy atom. The highest BCUT2D eigenvalue weighted by molar-refractivity contribution is 6.23. The van der Waals surface area contributed by atoms with Gasteiger partial charge in [0.15, 0.2) is 0 Å². The number of urea groups is 1. The Kier molecular flexibility index (Phi) is 5.46. The number of benzene rings is 3. The van der Waals surface area contributed by atoms with E-state index in [4.69, 9.17) is 10.1 Å². The number of amides is 3. The number of pyridine rings is 1. The predicted octanol–water partition coefficient (Wildman–Crippen LogP) is 4.03. The minimum absolute atomic E-state index is 0.00613. The summed E-state index contributed by atoms with van der Waals surface area (Å²) in [5, 5.41) is 15.4. The molecule has 1 saturated heterocycles. The van der Waals surface area contributed by atoms with Gasteiger partial charge in [-0.15, -0.1) is 0 Å². The van der Waals surface area contributed by atoms with Crippen LogP contribution in [0.2, 0.25) is 0 Å². The van der Waals surface area contributed by atoms with Gasteiger partial charge in [0.05, 0.1) is 30.0 Å². The topological polar surface area (TPSA) is 94.6 Å². The smallest absolute Gasteiger partial charge is 0.329 e. The number of nitrogens with one attached hydrogen (secondary N) is 2. The van der Waals surface area contributed by atoms with Crippen molar-refractivity contribution in [1.82, 2.24) is 10.3 Å². The van der Waals surface area contributed by atoms with Gasteiger partial charge in [-0.1, -0.05) is 54.6 Å². The molecule has 7 heteroatoms. The summed E-state index contributed by atoms with van der Waals surface area (Å²) in [6.45, 7) is 0.595. The molecule has 1 fully saturated rings. The molecule has 33 heavy (non-hydrogen) atoms. The number of hydrogen-bond donors (Lipinski definition) is 3. The number of aliphatic hydroxyl groups is 1. The summed E-state index contributed by atoms with van der Waals surface area (Å²) in [5.41, 5.74) is 5.91. The summed E-state index contributed by atoms with van der Waals surface area (Å²) in [7, 11) is 0. The first kappa shape index (κ1) is 20.7. The molecule has 3 aromatic carbocycles. The van der Waals surface area contributed by atoms with Gasteiger partial charge in [0.2, 0.25) is 0 Å². The Bertz CT molecular complexity index is 1320. The molecule has 0 spiro atoms. The van der Waals surface area contributed by atoms with E-state index in [-0.39, 0.29) is 19.1 Å². The lowest BCUT2D eigenvalue weighted by molar-refractivity contribution is -0.115. The van der Waals surface area contributed by atoms with Crippen LogP contribution in [-0.4, -0.2) is 41.7 Å². The van der Waals surface area contributed by atoms with Gasteiger partial charge in [-0.3, -0.25) is 4.79 Å². The van der Waals surface area contributed by atoms with Gasteiger partial charge in [0.1, 0.15) is 0 Å². The number of carbonyl (C=O) groups excluding carboxylic acids is 2. The fraction of sp³-hybridized carbons (Fsp3) is 0.115. The van der Waals surface area contributed by atoms with E-state index >= 15 is 0 Å². The Morgan fingerprint density at radius 2 is 1.58 bits per heavy atom. The third-order valence-corrected chi connectivity index (χ3v) is 5.62. The molecule has 164 valence electrons. The van der Waals surface area contributed by atoms with Gasteiger partial charge in [0.25, 0.3) is 5.91 Å². The molecule has 0 unspecified atom stereocenters. The van der Waals surface area contributed by atoms with Crippen LogP contribution < -0.4 is 15.5 Å². The third kappa shape index (κ3) is 4.02. The van der Waals surface area contributed by atoms with E-state index in [0.717, 1.165) is 27.8 Å². The second-order valence-corrected chi connectivity index (χ2v) is 7.74. The van der Waals surface area contributed by atoms with Crippen LogP contribution in [0.25, 0.3) is 33.3 Å². The van der Waals surface area contributed by atoms with Gasteiger partial charge < -0.3 is 15.7 Å². The molecule has 0 bridgehead atoms. The van der Waals surface area contributed by atoms with Gasteiger partial charge >= 0.3 is 6.03 Å². The zero-order chi connectivity index (χ0) is 22.8. The van der Waals surface area contributed by atoms with Gasteiger partial charge in [-0.05, 0) is 35.4 Å². The zero-order valence-electron chi connectivity index (χ0n) is 17.8. The normalized spacial score (nSPS) is 13.4.